The molecule has 1 unspecified atom stereocenters. The zero-order valence-electron chi connectivity index (χ0n) is 16.0. The molecule has 0 saturated heterocycles. The summed E-state index contributed by atoms with van der Waals surface area (Å²) in [5.41, 5.74) is 1.71. The molecule has 2 aromatic rings. The maximum absolute atomic E-state index is 12.3. The minimum atomic E-state index is -0.635. The van der Waals surface area contributed by atoms with Gasteiger partial charge in [0.15, 0.2) is 5.82 Å². The number of rotatable bonds is 4. The van der Waals surface area contributed by atoms with Crippen molar-refractivity contribution in [2.24, 2.45) is 0 Å². The summed E-state index contributed by atoms with van der Waals surface area (Å²) in [7, 11) is 1.78. The van der Waals surface area contributed by atoms with E-state index in [1.165, 1.54) is 0 Å². The van der Waals surface area contributed by atoms with Crippen LogP contribution in [0, 0.1) is 0 Å². The Morgan fingerprint density at radius 1 is 1.41 bits per heavy atom. The van der Waals surface area contributed by atoms with Gasteiger partial charge in [-0.05, 0) is 45.7 Å². The fourth-order valence-electron chi connectivity index (χ4n) is 3.13. The van der Waals surface area contributed by atoms with Crippen LogP contribution in [-0.2, 0) is 11.2 Å². The van der Waals surface area contributed by atoms with Crippen molar-refractivity contribution in [1.29, 1.82) is 0 Å². The fraction of sp³-hybridized carbons (Fsp3) is 0.474. The van der Waals surface area contributed by atoms with E-state index >= 15 is 0 Å². The third-order valence-electron chi connectivity index (χ3n) is 4.20. The number of amides is 1. The molecule has 0 radical (unpaired) electrons. The van der Waals surface area contributed by atoms with E-state index in [9.17, 15) is 9.90 Å². The normalized spacial score (nSPS) is 16.1. The minimum absolute atomic E-state index is 0.118. The second-order valence-corrected chi connectivity index (χ2v) is 8.24. The molecular formula is C19H24ClN5O2. The van der Waals surface area contributed by atoms with Crippen molar-refractivity contribution in [3.05, 3.63) is 34.6 Å². The minimum Gasteiger partial charge on any atom is -0.388 e. The first-order chi connectivity index (χ1) is 12.6. The lowest BCUT2D eigenvalue weighted by atomic mass is 10.1. The molecule has 0 saturated carbocycles. The van der Waals surface area contributed by atoms with Gasteiger partial charge in [0.2, 0.25) is 5.91 Å². The molecular weight excluding hydrogens is 366 g/mol. The fourth-order valence-corrected chi connectivity index (χ4v) is 3.29. The van der Waals surface area contributed by atoms with Crippen molar-refractivity contribution in [1.82, 2.24) is 20.3 Å². The van der Waals surface area contributed by atoms with Crippen LogP contribution in [0.15, 0.2) is 18.3 Å². The van der Waals surface area contributed by atoms with Gasteiger partial charge in [0.1, 0.15) is 11.5 Å². The topological polar surface area (TPSA) is 91.2 Å². The largest absolute Gasteiger partial charge is 0.388 e. The molecule has 1 aliphatic rings. The highest BCUT2D eigenvalue weighted by molar-refractivity contribution is 6.30. The lowest BCUT2D eigenvalue weighted by Crippen LogP contribution is -2.45. The van der Waals surface area contributed by atoms with Gasteiger partial charge >= 0.3 is 0 Å². The predicted molar refractivity (Wildman–Crippen MR) is 105 cm³/mol. The van der Waals surface area contributed by atoms with Crippen molar-refractivity contribution in [2.75, 3.05) is 18.5 Å². The number of aromatic nitrogens is 3. The molecule has 2 N–H and O–H groups in total. The van der Waals surface area contributed by atoms with Gasteiger partial charge in [0.05, 0.1) is 18.3 Å². The number of aliphatic hydroxyl groups excluding tert-OH is 1. The lowest BCUT2D eigenvalue weighted by molar-refractivity contribution is -0.121. The van der Waals surface area contributed by atoms with E-state index in [1.807, 2.05) is 20.8 Å². The molecule has 7 nitrogen and oxygen atoms in total. The van der Waals surface area contributed by atoms with Gasteiger partial charge in [-0.1, -0.05) is 11.6 Å². The van der Waals surface area contributed by atoms with Gasteiger partial charge < -0.3 is 15.3 Å². The van der Waals surface area contributed by atoms with Crippen LogP contribution in [0.4, 0.5) is 5.82 Å². The molecule has 2 aromatic heterocycles. The Bertz CT molecular complexity index is 866. The molecule has 3 rings (SSSR count). The summed E-state index contributed by atoms with van der Waals surface area (Å²) in [6.07, 6.45) is 2.21. The smallest absolute Gasteiger partial charge is 0.239 e. The number of halogens is 1. The molecule has 0 bridgehead atoms. The summed E-state index contributed by atoms with van der Waals surface area (Å²) >= 11 is 6.07. The average molecular weight is 390 g/mol. The second-order valence-electron chi connectivity index (χ2n) is 7.80. The average Bonchev–Trinajstić information content (AvgIpc) is 2.93. The predicted octanol–water partition coefficient (Wildman–Crippen LogP) is 2.52. The monoisotopic (exact) mass is 389 g/mol. The van der Waals surface area contributed by atoms with Crippen molar-refractivity contribution in [2.45, 2.75) is 45.3 Å². The Balaban J connectivity index is 1.97. The van der Waals surface area contributed by atoms with Crippen LogP contribution in [0.2, 0.25) is 5.02 Å². The Hall–Kier alpha value is -2.25. The lowest BCUT2D eigenvalue weighted by Gasteiger charge is -2.25. The van der Waals surface area contributed by atoms with Crippen LogP contribution in [0.25, 0.3) is 11.5 Å². The Labute approximate surface area is 163 Å². The SMILES string of the molecule is CN(CC(=O)NC(C)(C)C)c1nc(-c2cc(Cl)ccn2)nc2c1C(O)CC2. The van der Waals surface area contributed by atoms with E-state index in [4.69, 9.17) is 11.6 Å². The number of anilines is 1. The molecule has 0 aromatic carbocycles. The van der Waals surface area contributed by atoms with Gasteiger partial charge in [0.25, 0.3) is 0 Å². The zero-order chi connectivity index (χ0) is 19.8. The first kappa shape index (κ1) is 19.5. The summed E-state index contributed by atoms with van der Waals surface area (Å²) in [5.74, 6) is 0.863. The number of carbonyl (C=O) groups is 1. The Morgan fingerprint density at radius 3 is 2.81 bits per heavy atom. The quantitative estimate of drug-likeness (QED) is 0.834. The molecule has 0 aliphatic heterocycles. The van der Waals surface area contributed by atoms with E-state index in [1.54, 1.807) is 30.3 Å². The summed E-state index contributed by atoms with van der Waals surface area (Å²) in [6.45, 7) is 5.91. The van der Waals surface area contributed by atoms with E-state index in [0.29, 0.717) is 40.8 Å². The van der Waals surface area contributed by atoms with Gasteiger partial charge in [-0.2, -0.15) is 0 Å². The third kappa shape index (κ3) is 4.54. The highest BCUT2D eigenvalue weighted by Gasteiger charge is 2.30. The van der Waals surface area contributed by atoms with Crippen molar-refractivity contribution in [3.63, 3.8) is 0 Å². The molecule has 1 atom stereocenters. The van der Waals surface area contributed by atoms with Crippen LogP contribution in [0.5, 0.6) is 0 Å². The summed E-state index contributed by atoms with van der Waals surface area (Å²) in [5, 5.41) is 13.9. The molecule has 144 valence electrons. The summed E-state index contributed by atoms with van der Waals surface area (Å²) in [6, 6.07) is 3.39. The summed E-state index contributed by atoms with van der Waals surface area (Å²) in [4.78, 5) is 27.6. The zero-order valence-corrected chi connectivity index (χ0v) is 16.7. The molecule has 0 spiro atoms. The molecule has 27 heavy (non-hydrogen) atoms. The number of hydrogen-bond acceptors (Lipinski definition) is 6. The number of aryl methyl sites for hydroxylation is 1. The molecule has 1 aliphatic carbocycles. The second kappa shape index (κ2) is 7.40. The Morgan fingerprint density at radius 2 is 2.15 bits per heavy atom. The van der Waals surface area contributed by atoms with Crippen molar-refractivity contribution in [3.8, 4) is 11.5 Å². The van der Waals surface area contributed by atoms with Crippen LogP contribution >= 0.6 is 11.6 Å². The van der Waals surface area contributed by atoms with E-state index in [0.717, 1.165) is 5.69 Å². The van der Waals surface area contributed by atoms with Crippen LogP contribution < -0.4 is 10.2 Å². The molecule has 2 heterocycles. The van der Waals surface area contributed by atoms with Gasteiger partial charge in [-0.15, -0.1) is 0 Å². The first-order valence-corrected chi connectivity index (χ1v) is 9.25. The molecule has 0 fully saturated rings. The van der Waals surface area contributed by atoms with E-state index in [2.05, 4.69) is 20.3 Å². The van der Waals surface area contributed by atoms with Crippen LogP contribution in [0.3, 0.4) is 0 Å². The number of nitrogens with zero attached hydrogens (tertiary/aromatic N) is 4. The van der Waals surface area contributed by atoms with E-state index < -0.39 is 6.10 Å². The number of aliphatic hydroxyl groups is 1. The maximum atomic E-state index is 12.3. The maximum Gasteiger partial charge on any atom is 0.239 e. The first-order valence-electron chi connectivity index (χ1n) is 8.87. The number of nitrogens with one attached hydrogen (secondary N) is 1. The van der Waals surface area contributed by atoms with Gasteiger partial charge in [-0.3, -0.25) is 9.78 Å². The van der Waals surface area contributed by atoms with Gasteiger partial charge in [-0.25, -0.2) is 9.97 Å². The number of pyridine rings is 1. The number of fused-ring (bicyclic) bond motifs is 1. The standard InChI is InChI=1S/C19H24ClN5O2/c1-19(2,3)24-15(27)10-25(4)18-16-12(5-6-14(16)26)22-17(23-18)13-9-11(20)7-8-21-13/h7-9,14,26H,5-6,10H2,1-4H3,(H,24,27). The number of hydrogen-bond donors (Lipinski definition) is 2. The van der Waals surface area contributed by atoms with Crippen LogP contribution in [-0.4, -0.2) is 45.1 Å². The van der Waals surface area contributed by atoms with E-state index in [-0.39, 0.29) is 18.0 Å². The highest BCUT2D eigenvalue weighted by atomic mass is 35.5. The Kier molecular flexibility index (Phi) is 5.35. The summed E-state index contributed by atoms with van der Waals surface area (Å²) < 4.78 is 0. The third-order valence-corrected chi connectivity index (χ3v) is 4.44. The van der Waals surface area contributed by atoms with Crippen molar-refractivity contribution < 1.29 is 9.90 Å². The molecule has 1 amide bonds. The number of likely N-dealkylation sites (N-methyl/N-ethyl adjacent to an activating group) is 1. The van der Waals surface area contributed by atoms with Crippen LogP contribution in [0.1, 0.15) is 44.6 Å². The molecule has 8 heteroatoms. The number of carbonyl (C=O) groups excluding carboxylic acids is 1. The van der Waals surface area contributed by atoms with Gasteiger partial charge in [0, 0.05) is 29.4 Å². The van der Waals surface area contributed by atoms with Crippen molar-refractivity contribution >= 4 is 23.3 Å². The highest BCUT2D eigenvalue weighted by Crippen LogP contribution is 2.37.